The molecule has 0 fully saturated rings. The van der Waals surface area contributed by atoms with Gasteiger partial charge in [0.15, 0.2) is 0 Å². The Hall–Kier alpha value is -1.74. The first-order valence-corrected chi connectivity index (χ1v) is 7.26. The molecule has 3 heteroatoms. The first kappa shape index (κ1) is 14.7. The molecule has 0 aliphatic rings. The van der Waals surface area contributed by atoms with Gasteiger partial charge in [0, 0.05) is 36.6 Å². The molecule has 1 atom stereocenters. The van der Waals surface area contributed by atoms with E-state index in [4.69, 9.17) is 4.74 Å². The molecule has 0 unspecified atom stereocenters. The summed E-state index contributed by atoms with van der Waals surface area (Å²) in [5.74, 6) is 0.941. The van der Waals surface area contributed by atoms with Gasteiger partial charge >= 0.3 is 0 Å². The highest BCUT2D eigenvalue weighted by molar-refractivity contribution is 5.35. The zero-order valence-electron chi connectivity index (χ0n) is 12.6. The van der Waals surface area contributed by atoms with Gasteiger partial charge in [0.05, 0.1) is 7.11 Å². The molecule has 0 amide bonds. The Morgan fingerprint density at radius 1 is 1.20 bits per heavy atom. The minimum Gasteiger partial charge on any atom is -0.496 e. The number of nitrogens with zero attached hydrogens (tertiary/aromatic N) is 1. The van der Waals surface area contributed by atoms with Crippen LogP contribution in [0.4, 0.5) is 0 Å². The summed E-state index contributed by atoms with van der Waals surface area (Å²) >= 11 is 0. The molecule has 3 nitrogen and oxygen atoms in total. The first-order chi connectivity index (χ1) is 9.76. The van der Waals surface area contributed by atoms with Crippen molar-refractivity contribution in [1.82, 2.24) is 9.88 Å². The highest BCUT2D eigenvalue weighted by atomic mass is 16.5. The van der Waals surface area contributed by atoms with E-state index in [1.165, 1.54) is 11.3 Å². The van der Waals surface area contributed by atoms with Crippen LogP contribution in [0.15, 0.2) is 42.6 Å². The first-order valence-electron chi connectivity index (χ1n) is 7.26. The largest absolute Gasteiger partial charge is 0.496 e. The molecule has 2 aromatic rings. The smallest absolute Gasteiger partial charge is 0.123 e. The molecular weight excluding hydrogens is 248 g/mol. The van der Waals surface area contributed by atoms with Gasteiger partial charge in [-0.1, -0.05) is 25.1 Å². The number of methoxy groups -OCH3 is 1. The highest BCUT2D eigenvalue weighted by Gasteiger charge is 2.10. The van der Waals surface area contributed by atoms with Crippen molar-refractivity contribution in [2.75, 3.05) is 7.11 Å². The lowest BCUT2D eigenvalue weighted by molar-refractivity contribution is 0.401. The van der Waals surface area contributed by atoms with E-state index in [0.717, 1.165) is 25.3 Å². The molecule has 0 spiro atoms. The van der Waals surface area contributed by atoms with Crippen LogP contribution in [0.3, 0.4) is 0 Å². The highest BCUT2D eigenvalue weighted by Crippen LogP contribution is 2.24. The lowest BCUT2D eigenvalue weighted by atomic mass is 10.1. The second-order valence-electron chi connectivity index (χ2n) is 5.04. The van der Waals surface area contributed by atoms with E-state index in [-0.39, 0.29) is 6.04 Å². The number of hydrogen-bond donors (Lipinski definition) is 1. The van der Waals surface area contributed by atoms with Crippen molar-refractivity contribution in [2.24, 2.45) is 0 Å². The van der Waals surface area contributed by atoms with Crippen molar-refractivity contribution >= 4 is 0 Å². The van der Waals surface area contributed by atoms with Gasteiger partial charge in [0.2, 0.25) is 0 Å². The Morgan fingerprint density at radius 3 is 2.75 bits per heavy atom. The summed E-state index contributed by atoms with van der Waals surface area (Å²) in [6.07, 6.45) is 3.30. The van der Waals surface area contributed by atoms with Gasteiger partial charge in [0.25, 0.3) is 0 Å². The summed E-state index contributed by atoms with van der Waals surface area (Å²) in [7, 11) is 1.72. The summed E-state index contributed by atoms with van der Waals surface area (Å²) in [4.78, 5) is 0. The van der Waals surface area contributed by atoms with Crippen LogP contribution in [-0.4, -0.2) is 11.7 Å². The number of aromatic nitrogens is 1. The van der Waals surface area contributed by atoms with Gasteiger partial charge in [-0.3, -0.25) is 0 Å². The van der Waals surface area contributed by atoms with Crippen LogP contribution in [-0.2, 0) is 13.1 Å². The maximum Gasteiger partial charge on any atom is 0.123 e. The molecule has 2 rings (SSSR count). The topological polar surface area (TPSA) is 26.2 Å². The monoisotopic (exact) mass is 272 g/mol. The molecule has 0 bridgehead atoms. The molecule has 0 saturated heterocycles. The quantitative estimate of drug-likeness (QED) is 0.830. The van der Waals surface area contributed by atoms with Gasteiger partial charge in [-0.2, -0.15) is 0 Å². The van der Waals surface area contributed by atoms with Crippen LogP contribution < -0.4 is 10.1 Å². The van der Waals surface area contributed by atoms with E-state index in [1.807, 2.05) is 12.1 Å². The molecule has 0 saturated carbocycles. The fourth-order valence-corrected chi connectivity index (χ4v) is 2.46. The Kier molecular flexibility index (Phi) is 5.24. The Morgan fingerprint density at radius 2 is 2.00 bits per heavy atom. The van der Waals surface area contributed by atoms with Crippen molar-refractivity contribution in [3.63, 3.8) is 0 Å². The lowest BCUT2D eigenvalue weighted by Crippen LogP contribution is -2.20. The number of nitrogens with one attached hydrogen (secondary N) is 1. The fourth-order valence-electron chi connectivity index (χ4n) is 2.46. The van der Waals surface area contributed by atoms with Crippen LogP contribution in [0.1, 0.15) is 37.6 Å². The van der Waals surface area contributed by atoms with Crippen molar-refractivity contribution in [1.29, 1.82) is 0 Å². The zero-order valence-corrected chi connectivity index (χ0v) is 12.6. The molecule has 1 aromatic carbocycles. The third kappa shape index (κ3) is 3.42. The van der Waals surface area contributed by atoms with E-state index < -0.39 is 0 Å². The summed E-state index contributed by atoms with van der Waals surface area (Å²) < 4.78 is 7.73. The average Bonchev–Trinajstić information content (AvgIpc) is 2.92. The third-order valence-electron chi connectivity index (χ3n) is 3.58. The van der Waals surface area contributed by atoms with Crippen molar-refractivity contribution < 1.29 is 4.74 Å². The van der Waals surface area contributed by atoms with Gasteiger partial charge in [0.1, 0.15) is 5.75 Å². The minimum atomic E-state index is 0.260. The predicted octanol–water partition coefficient (Wildman–Crippen LogP) is 3.76. The second-order valence-corrected chi connectivity index (χ2v) is 5.04. The van der Waals surface area contributed by atoms with Gasteiger partial charge in [-0.15, -0.1) is 0 Å². The van der Waals surface area contributed by atoms with E-state index in [0.29, 0.717) is 0 Å². The zero-order chi connectivity index (χ0) is 14.4. The fraction of sp³-hybridized carbons (Fsp3) is 0.412. The number of ether oxygens (including phenoxy) is 1. The SMILES string of the molecule is CCCn1cccc1CN[C@H](C)c1ccccc1OC. The molecule has 0 radical (unpaired) electrons. The molecular formula is C17H24N2O. The van der Waals surface area contributed by atoms with Crippen LogP contribution in [0.2, 0.25) is 0 Å². The number of rotatable bonds is 7. The van der Waals surface area contributed by atoms with Gasteiger partial charge < -0.3 is 14.6 Å². The Bertz CT molecular complexity index is 533. The second kappa shape index (κ2) is 7.15. The molecule has 1 N–H and O–H groups in total. The number of hydrogen-bond acceptors (Lipinski definition) is 2. The van der Waals surface area contributed by atoms with Crippen molar-refractivity contribution in [2.45, 2.75) is 39.4 Å². The number of benzene rings is 1. The molecule has 0 aliphatic carbocycles. The van der Waals surface area contributed by atoms with E-state index in [2.05, 4.69) is 54.2 Å². The maximum atomic E-state index is 5.42. The summed E-state index contributed by atoms with van der Waals surface area (Å²) in [5, 5.41) is 3.57. The number of aryl methyl sites for hydroxylation is 1. The predicted molar refractivity (Wildman–Crippen MR) is 83.0 cm³/mol. The maximum absolute atomic E-state index is 5.42. The summed E-state index contributed by atoms with van der Waals surface area (Å²) in [6, 6.07) is 12.7. The van der Waals surface area contributed by atoms with E-state index >= 15 is 0 Å². The third-order valence-corrected chi connectivity index (χ3v) is 3.58. The van der Waals surface area contributed by atoms with Gasteiger partial charge in [-0.05, 0) is 31.5 Å². The normalized spacial score (nSPS) is 12.3. The average molecular weight is 272 g/mol. The van der Waals surface area contributed by atoms with Crippen LogP contribution >= 0.6 is 0 Å². The molecule has 108 valence electrons. The van der Waals surface area contributed by atoms with Crippen LogP contribution in [0.25, 0.3) is 0 Å². The Labute approximate surface area is 121 Å². The minimum absolute atomic E-state index is 0.260. The van der Waals surface area contributed by atoms with E-state index in [1.54, 1.807) is 7.11 Å². The standard InChI is InChI=1S/C17H24N2O/c1-4-11-19-12-7-8-15(19)13-18-14(2)16-9-5-6-10-17(16)20-3/h5-10,12,14,18H,4,11,13H2,1-3H3/t14-/m1/s1. The molecule has 0 aliphatic heterocycles. The van der Waals surface area contributed by atoms with Crippen molar-refractivity contribution in [3.05, 3.63) is 53.9 Å². The van der Waals surface area contributed by atoms with E-state index in [9.17, 15) is 0 Å². The van der Waals surface area contributed by atoms with Gasteiger partial charge in [-0.25, -0.2) is 0 Å². The summed E-state index contributed by atoms with van der Waals surface area (Å²) in [5.41, 5.74) is 2.53. The van der Waals surface area contributed by atoms with Crippen LogP contribution in [0.5, 0.6) is 5.75 Å². The van der Waals surface area contributed by atoms with Crippen LogP contribution in [0, 0.1) is 0 Å². The number of para-hydroxylation sites is 1. The molecule has 1 heterocycles. The Balaban J connectivity index is 2.01. The lowest BCUT2D eigenvalue weighted by Gasteiger charge is -2.18. The summed E-state index contributed by atoms with van der Waals surface area (Å²) in [6.45, 7) is 6.32. The molecule has 1 aromatic heterocycles. The molecule has 20 heavy (non-hydrogen) atoms. The van der Waals surface area contributed by atoms with Crippen molar-refractivity contribution in [3.8, 4) is 5.75 Å².